The monoisotopic (exact) mass is 472 g/mol. The molecule has 3 fully saturated rings. The van der Waals surface area contributed by atoms with Crippen molar-refractivity contribution >= 4 is 18.0 Å². The van der Waals surface area contributed by atoms with Crippen molar-refractivity contribution in [3.63, 3.8) is 0 Å². The topological polar surface area (TPSA) is 95.9 Å². The first kappa shape index (κ1) is 21.9. The van der Waals surface area contributed by atoms with Crippen LogP contribution in [0.4, 0.5) is 4.79 Å². The molecule has 2 aliphatic heterocycles. The zero-order valence-corrected chi connectivity index (χ0v) is 19.6. The molecule has 5 aliphatic rings. The molecule has 2 aromatic rings. The van der Waals surface area contributed by atoms with E-state index < -0.39 is 23.5 Å². The standard InChI is InChI=1S/C28H28N2O5/c1-27-14-28(15-27,25(32)33)30(16-27)24(31)17-10-11-18(12-17)29-26(34)35-13-23-21-8-4-2-6-19(21)20-7-3-5-9-22(20)23/h2-11,17-18,23H,12-16H2,1H3,(H,29,34)(H,32,33). The summed E-state index contributed by atoms with van der Waals surface area (Å²) < 4.78 is 5.62. The van der Waals surface area contributed by atoms with Crippen LogP contribution in [0.1, 0.15) is 43.2 Å². The number of rotatable bonds is 5. The molecule has 180 valence electrons. The van der Waals surface area contributed by atoms with E-state index in [0.29, 0.717) is 25.8 Å². The van der Waals surface area contributed by atoms with Crippen molar-refractivity contribution in [1.29, 1.82) is 0 Å². The van der Waals surface area contributed by atoms with Gasteiger partial charge in [-0.3, -0.25) is 4.79 Å². The van der Waals surface area contributed by atoms with Crippen LogP contribution in [0.25, 0.3) is 11.1 Å². The summed E-state index contributed by atoms with van der Waals surface area (Å²) in [5.74, 6) is -1.54. The number of carboxylic acids is 1. The lowest BCUT2D eigenvalue weighted by Crippen LogP contribution is -2.57. The van der Waals surface area contributed by atoms with Gasteiger partial charge in [0.25, 0.3) is 0 Å². The third-order valence-electron chi connectivity index (χ3n) is 8.21. The van der Waals surface area contributed by atoms with Crippen molar-refractivity contribution in [3.8, 4) is 11.1 Å². The molecule has 2 amide bonds. The van der Waals surface area contributed by atoms with E-state index >= 15 is 0 Å². The van der Waals surface area contributed by atoms with Crippen molar-refractivity contribution in [2.45, 2.75) is 43.7 Å². The molecule has 0 radical (unpaired) electrons. The number of amides is 2. The summed E-state index contributed by atoms with van der Waals surface area (Å²) >= 11 is 0. The Bertz CT molecular complexity index is 1220. The van der Waals surface area contributed by atoms with Gasteiger partial charge in [0, 0.05) is 12.5 Å². The summed E-state index contributed by atoms with van der Waals surface area (Å²) in [7, 11) is 0. The summed E-state index contributed by atoms with van der Waals surface area (Å²) in [5, 5.41) is 12.6. The number of benzene rings is 2. The maximum atomic E-state index is 13.2. The molecule has 1 saturated carbocycles. The number of nitrogens with one attached hydrogen (secondary N) is 1. The van der Waals surface area contributed by atoms with E-state index in [4.69, 9.17) is 4.74 Å². The normalized spacial score (nSPS) is 29.9. The second-order valence-corrected chi connectivity index (χ2v) is 10.7. The van der Waals surface area contributed by atoms with Crippen molar-refractivity contribution in [1.82, 2.24) is 10.2 Å². The van der Waals surface area contributed by atoms with Crippen molar-refractivity contribution in [2.24, 2.45) is 11.3 Å². The van der Waals surface area contributed by atoms with Gasteiger partial charge in [-0.1, -0.05) is 67.6 Å². The van der Waals surface area contributed by atoms with Crippen molar-refractivity contribution < 1.29 is 24.2 Å². The van der Waals surface area contributed by atoms with Crippen LogP contribution < -0.4 is 5.32 Å². The summed E-state index contributed by atoms with van der Waals surface area (Å²) in [6.07, 6.45) is 4.50. The van der Waals surface area contributed by atoms with E-state index in [1.807, 2.05) is 31.2 Å². The molecule has 2 bridgehead atoms. The Morgan fingerprint density at radius 3 is 2.29 bits per heavy atom. The second-order valence-electron chi connectivity index (χ2n) is 10.7. The maximum Gasteiger partial charge on any atom is 0.407 e. The second kappa shape index (κ2) is 7.70. The fourth-order valence-electron chi connectivity index (χ4n) is 6.73. The summed E-state index contributed by atoms with van der Waals surface area (Å²) in [4.78, 5) is 39.2. The number of nitrogens with zero attached hydrogens (tertiary/aromatic N) is 1. The fraction of sp³-hybridized carbons (Fsp3) is 0.393. The summed E-state index contributed by atoms with van der Waals surface area (Å²) in [6, 6.07) is 16.0. The number of ether oxygens (including phenoxy) is 1. The average molecular weight is 473 g/mol. The van der Waals surface area contributed by atoms with Gasteiger partial charge in [-0.2, -0.15) is 0 Å². The molecule has 3 aliphatic carbocycles. The minimum atomic E-state index is -1.06. The Balaban J connectivity index is 1.06. The molecular weight excluding hydrogens is 444 g/mol. The fourth-order valence-corrected chi connectivity index (χ4v) is 6.73. The first-order valence-corrected chi connectivity index (χ1v) is 12.1. The molecule has 2 atom stereocenters. The highest BCUT2D eigenvalue weighted by molar-refractivity contribution is 5.92. The van der Waals surface area contributed by atoms with Gasteiger partial charge in [0.15, 0.2) is 0 Å². The Kier molecular flexibility index (Phi) is 4.82. The highest BCUT2D eigenvalue weighted by Crippen LogP contribution is 2.59. The minimum absolute atomic E-state index is 0.0168. The Morgan fingerprint density at radius 2 is 1.66 bits per heavy atom. The van der Waals surface area contributed by atoms with Crippen LogP contribution in [0, 0.1) is 11.3 Å². The Labute approximate surface area is 203 Å². The maximum absolute atomic E-state index is 13.2. The van der Waals surface area contributed by atoms with Crippen LogP contribution in [-0.2, 0) is 14.3 Å². The number of carboxylic acid groups (broad SMARTS) is 1. The largest absolute Gasteiger partial charge is 0.479 e. The first-order chi connectivity index (χ1) is 16.8. The predicted octanol–water partition coefficient (Wildman–Crippen LogP) is 3.94. The molecule has 7 nitrogen and oxygen atoms in total. The van der Waals surface area contributed by atoms with Gasteiger partial charge in [-0.05, 0) is 46.9 Å². The van der Waals surface area contributed by atoms with Gasteiger partial charge in [-0.25, -0.2) is 9.59 Å². The molecule has 0 spiro atoms. The molecule has 2 aromatic carbocycles. The molecule has 2 unspecified atom stereocenters. The van der Waals surface area contributed by atoms with Crippen LogP contribution in [0.2, 0.25) is 0 Å². The lowest BCUT2D eigenvalue weighted by molar-refractivity contribution is -0.160. The van der Waals surface area contributed by atoms with E-state index in [2.05, 4.69) is 29.6 Å². The average Bonchev–Trinajstić information content (AvgIpc) is 3.56. The third-order valence-corrected chi connectivity index (χ3v) is 8.21. The van der Waals surface area contributed by atoms with E-state index in [1.165, 1.54) is 11.1 Å². The van der Waals surface area contributed by atoms with Gasteiger partial charge in [-0.15, -0.1) is 0 Å². The number of carbonyl (C=O) groups is 3. The SMILES string of the molecule is CC12CN(C(=O)C3C=CC(NC(=O)OCC4c5ccccc5-c5ccccc54)C3)C(C(=O)O)(C1)C2. The lowest BCUT2D eigenvalue weighted by Gasteiger charge is -2.42. The van der Waals surface area contributed by atoms with E-state index in [0.717, 1.165) is 11.1 Å². The first-order valence-electron chi connectivity index (χ1n) is 12.1. The van der Waals surface area contributed by atoms with E-state index in [-0.39, 0.29) is 29.9 Å². The van der Waals surface area contributed by atoms with Gasteiger partial charge in [0.05, 0.1) is 12.0 Å². The molecule has 35 heavy (non-hydrogen) atoms. The number of hydrogen-bond acceptors (Lipinski definition) is 4. The molecule has 2 heterocycles. The van der Waals surface area contributed by atoms with Gasteiger partial charge >= 0.3 is 12.1 Å². The zero-order valence-electron chi connectivity index (χ0n) is 19.6. The number of hydrogen-bond donors (Lipinski definition) is 2. The third kappa shape index (κ3) is 3.36. The Morgan fingerprint density at radius 1 is 1.03 bits per heavy atom. The minimum Gasteiger partial charge on any atom is -0.479 e. The molecule has 0 aromatic heterocycles. The molecule has 2 saturated heterocycles. The van der Waals surface area contributed by atoms with E-state index in [9.17, 15) is 19.5 Å². The predicted molar refractivity (Wildman–Crippen MR) is 129 cm³/mol. The smallest absolute Gasteiger partial charge is 0.407 e. The van der Waals surface area contributed by atoms with Crippen LogP contribution in [-0.4, -0.2) is 52.7 Å². The van der Waals surface area contributed by atoms with Crippen LogP contribution in [0.15, 0.2) is 60.7 Å². The Hall–Kier alpha value is -3.61. The quantitative estimate of drug-likeness (QED) is 0.643. The van der Waals surface area contributed by atoms with Crippen molar-refractivity contribution in [2.75, 3.05) is 13.2 Å². The number of carbonyl (C=O) groups excluding carboxylic acids is 2. The van der Waals surface area contributed by atoms with Crippen LogP contribution in [0.3, 0.4) is 0 Å². The number of aliphatic carboxylic acids is 1. The van der Waals surface area contributed by atoms with Crippen molar-refractivity contribution in [3.05, 3.63) is 71.8 Å². The lowest BCUT2D eigenvalue weighted by atomic mass is 9.63. The summed E-state index contributed by atoms with van der Waals surface area (Å²) in [5.41, 5.74) is 3.48. The highest BCUT2D eigenvalue weighted by Gasteiger charge is 2.69. The van der Waals surface area contributed by atoms with Gasteiger partial charge in [0.2, 0.25) is 5.91 Å². The molecular formula is C28H28N2O5. The number of fused-ring (bicyclic) bond motifs is 4. The van der Waals surface area contributed by atoms with Gasteiger partial charge in [0.1, 0.15) is 12.1 Å². The molecule has 2 N–H and O–H groups in total. The zero-order chi connectivity index (χ0) is 24.4. The van der Waals surface area contributed by atoms with Crippen LogP contribution in [0.5, 0.6) is 0 Å². The molecule has 7 rings (SSSR count). The van der Waals surface area contributed by atoms with E-state index in [1.54, 1.807) is 17.1 Å². The summed E-state index contributed by atoms with van der Waals surface area (Å²) in [6.45, 7) is 2.74. The van der Waals surface area contributed by atoms with Gasteiger partial charge < -0.3 is 20.1 Å². The number of alkyl carbamates (subject to hydrolysis) is 1. The molecule has 7 heteroatoms. The highest BCUT2D eigenvalue weighted by atomic mass is 16.5. The van der Waals surface area contributed by atoms with Crippen LogP contribution >= 0.6 is 0 Å².